The van der Waals surface area contributed by atoms with Crippen molar-refractivity contribution in [3.8, 4) is 0 Å². The van der Waals surface area contributed by atoms with Crippen LogP contribution in [-0.2, 0) is 4.57 Å². The van der Waals surface area contributed by atoms with Crippen molar-refractivity contribution in [3.05, 3.63) is 0 Å². The Balaban J connectivity index is 2.28. The van der Waals surface area contributed by atoms with E-state index < -0.39 is 0 Å². The first-order valence-corrected chi connectivity index (χ1v) is 2.17. The van der Waals surface area contributed by atoms with Crippen molar-refractivity contribution in [2.45, 2.75) is 5.78 Å². The van der Waals surface area contributed by atoms with Crippen molar-refractivity contribution >= 4 is 14.7 Å². The Kier molecular flexibility index (Phi) is 0.518. The maximum atomic E-state index is 9.54. The molecule has 1 unspecified atom stereocenters. The molecule has 2 nitrogen and oxygen atoms in total. The first-order chi connectivity index (χ1) is 2.43. The average molecular weight is 87.0 g/mol. The molecule has 0 spiro atoms. The molecule has 1 atom stereocenters. The third-order valence-corrected chi connectivity index (χ3v) is 0.873. The molecule has 0 aromatic carbocycles. The highest BCUT2D eigenvalue weighted by molar-refractivity contribution is 7.27. The van der Waals surface area contributed by atoms with Crippen molar-refractivity contribution < 1.29 is 4.57 Å². The topological polar surface area (TPSA) is 29.4 Å². The molecule has 1 heterocycles. The van der Waals surface area contributed by atoms with E-state index in [9.17, 15) is 4.57 Å². The standard InChI is InChI=1S/C2H2NOP/c4-5-2-1-3-2/h1-2H. The predicted octanol–water partition coefficient (Wildman–Crippen LogP) is 0.689. The predicted molar refractivity (Wildman–Crippen MR) is 19.9 cm³/mol. The van der Waals surface area contributed by atoms with Gasteiger partial charge in [-0.1, -0.05) is 0 Å². The van der Waals surface area contributed by atoms with E-state index in [1.165, 1.54) is 0 Å². The fourth-order valence-electron chi connectivity index (χ4n) is 0.0929. The fourth-order valence-corrected chi connectivity index (χ4v) is 0.279. The Morgan fingerprint density at radius 3 is 2.60 bits per heavy atom. The van der Waals surface area contributed by atoms with Crippen LogP contribution >= 0.6 is 8.46 Å². The van der Waals surface area contributed by atoms with E-state index >= 15 is 0 Å². The maximum absolute atomic E-state index is 9.54. The van der Waals surface area contributed by atoms with E-state index in [4.69, 9.17) is 0 Å². The number of nitrogens with zero attached hydrogens (tertiary/aromatic N) is 1. The molecule has 3 heteroatoms. The quantitative estimate of drug-likeness (QED) is 0.432. The van der Waals surface area contributed by atoms with Crippen LogP contribution in [0.4, 0.5) is 0 Å². The highest BCUT2D eigenvalue weighted by Gasteiger charge is 2.09. The average Bonchev–Trinajstić information content (AvgIpc) is 2.12. The van der Waals surface area contributed by atoms with Gasteiger partial charge in [0.1, 0.15) is 0 Å². The summed E-state index contributed by atoms with van der Waals surface area (Å²) in [5, 5.41) is 0. The van der Waals surface area contributed by atoms with Crippen molar-refractivity contribution in [3.63, 3.8) is 0 Å². The molecule has 0 bridgehead atoms. The molecular weight excluding hydrogens is 85.0 g/mol. The summed E-state index contributed by atoms with van der Waals surface area (Å²) in [7, 11) is 0.136. The van der Waals surface area contributed by atoms with E-state index in [-0.39, 0.29) is 14.2 Å². The van der Waals surface area contributed by atoms with Gasteiger partial charge in [-0.2, -0.15) is 0 Å². The Morgan fingerprint density at radius 2 is 2.60 bits per heavy atom. The number of aliphatic imine (C=N–C) groups is 1. The summed E-state index contributed by atoms with van der Waals surface area (Å²) in [5.74, 6) is 0.0509. The van der Waals surface area contributed by atoms with Crippen LogP contribution in [0.25, 0.3) is 0 Å². The summed E-state index contributed by atoms with van der Waals surface area (Å²) in [6.45, 7) is 0. The van der Waals surface area contributed by atoms with Gasteiger partial charge in [0.05, 0.1) is 0 Å². The van der Waals surface area contributed by atoms with Crippen LogP contribution in [0.3, 0.4) is 0 Å². The molecule has 0 saturated heterocycles. The second-order valence-electron chi connectivity index (χ2n) is 0.817. The SMILES string of the molecule is O=PC1C=N1. The van der Waals surface area contributed by atoms with Gasteiger partial charge in [0.2, 0.25) is 0 Å². The molecule has 1 rings (SSSR count). The Bertz CT molecular complexity index is 73.7. The van der Waals surface area contributed by atoms with Crippen LogP contribution in [0.2, 0.25) is 0 Å². The van der Waals surface area contributed by atoms with Crippen molar-refractivity contribution in [1.82, 2.24) is 0 Å². The largest absolute Gasteiger partial charge is 0.273 e. The lowest BCUT2D eigenvalue weighted by Gasteiger charge is -1.54. The van der Waals surface area contributed by atoms with Gasteiger partial charge >= 0.3 is 0 Å². The van der Waals surface area contributed by atoms with E-state index in [1.807, 2.05) is 0 Å². The summed E-state index contributed by atoms with van der Waals surface area (Å²) in [4.78, 5) is 3.57. The maximum Gasteiger partial charge on any atom is 0.188 e. The molecule has 0 fully saturated rings. The summed E-state index contributed by atoms with van der Waals surface area (Å²) in [5.41, 5.74) is 0. The molecule has 0 saturated carbocycles. The minimum Gasteiger partial charge on any atom is -0.273 e. The van der Waals surface area contributed by atoms with Gasteiger partial charge in [-0.05, 0) is 0 Å². The zero-order valence-corrected chi connectivity index (χ0v) is 3.35. The van der Waals surface area contributed by atoms with Gasteiger partial charge in [0, 0.05) is 6.21 Å². The van der Waals surface area contributed by atoms with Crippen molar-refractivity contribution in [2.24, 2.45) is 4.99 Å². The fraction of sp³-hybridized carbons (Fsp3) is 0.500. The molecule has 0 amide bonds. The monoisotopic (exact) mass is 87.0 g/mol. The van der Waals surface area contributed by atoms with Gasteiger partial charge < -0.3 is 0 Å². The van der Waals surface area contributed by atoms with E-state index in [0.29, 0.717) is 0 Å². The molecule has 0 aromatic rings. The summed E-state index contributed by atoms with van der Waals surface area (Å²) in [6, 6.07) is 0. The highest BCUT2D eigenvalue weighted by atomic mass is 31.1. The van der Waals surface area contributed by atoms with Gasteiger partial charge in [-0.15, -0.1) is 0 Å². The molecule has 0 aliphatic carbocycles. The Morgan fingerprint density at radius 1 is 2.00 bits per heavy atom. The summed E-state index contributed by atoms with van der Waals surface area (Å²) >= 11 is 0. The smallest absolute Gasteiger partial charge is 0.188 e. The van der Waals surface area contributed by atoms with Crippen molar-refractivity contribution in [2.75, 3.05) is 0 Å². The van der Waals surface area contributed by atoms with E-state index in [1.54, 1.807) is 6.21 Å². The molecular formula is C2H2NOP. The second-order valence-corrected chi connectivity index (χ2v) is 1.56. The van der Waals surface area contributed by atoms with Gasteiger partial charge in [0.25, 0.3) is 0 Å². The van der Waals surface area contributed by atoms with E-state index in [0.717, 1.165) is 0 Å². The normalized spacial score (nSPS) is 31.6. The van der Waals surface area contributed by atoms with Gasteiger partial charge in [0.15, 0.2) is 14.2 Å². The Hall–Kier alpha value is -0.230. The van der Waals surface area contributed by atoms with Crippen LogP contribution in [0, 0.1) is 0 Å². The van der Waals surface area contributed by atoms with Gasteiger partial charge in [-0.3, -0.25) is 9.56 Å². The minimum absolute atomic E-state index is 0.0509. The lowest BCUT2D eigenvalue weighted by Crippen LogP contribution is -1.59. The zero-order valence-electron chi connectivity index (χ0n) is 2.46. The third kappa shape index (κ3) is 0.519. The first-order valence-electron chi connectivity index (χ1n) is 1.29. The lowest BCUT2D eigenvalue weighted by atomic mass is 11.0. The molecule has 26 valence electrons. The molecule has 0 aromatic heterocycles. The number of hydrogen-bond donors (Lipinski definition) is 0. The van der Waals surface area contributed by atoms with E-state index in [2.05, 4.69) is 4.99 Å². The van der Waals surface area contributed by atoms with Crippen LogP contribution in [0.1, 0.15) is 0 Å². The summed E-state index contributed by atoms with van der Waals surface area (Å²) in [6.07, 6.45) is 1.65. The van der Waals surface area contributed by atoms with Gasteiger partial charge in [-0.25, -0.2) is 0 Å². The molecule has 1 aliphatic heterocycles. The van der Waals surface area contributed by atoms with Crippen LogP contribution in [0.15, 0.2) is 4.99 Å². The molecule has 0 N–H and O–H groups in total. The molecule has 0 radical (unpaired) electrons. The molecule has 5 heavy (non-hydrogen) atoms. The van der Waals surface area contributed by atoms with Crippen LogP contribution in [0.5, 0.6) is 0 Å². The number of hydrogen-bond acceptors (Lipinski definition) is 2. The lowest BCUT2D eigenvalue weighted by molar-refractivity contribution is 0.598. The zero-order chi connectivity index (χ0) is 3.70. The van der Waals surface area contributed by atoms with Crippen LogP contribution in [-0.4, -0.2) is 12.0 Å². The van der Waals surface area contributed by atoms with Crippen LogP contribution < -0.4 is 0 Å². The number of rotatable bonds is 1. The third-order valence-electron chi connectivity index (χ3n) is 0.390. The minimum atomic E-state index is 0.0509. The summed E-state index contributed by atoms with van der Waals surface area (Å²) < 4.78 is 9.54. The second kappa shape index (κ2) is 0.869. The highest BCUT2D eigenvalue weighted by Crippen LogP contribution is 2.13. The molecule has 1 aliphatic rings. The first kappa shape index (κ1) is 2.98. The Labute approximate surface area is 31.1 Å². The van der Waals surface area contributed by atoms with Crippen molar-refractivity contribution in [1.29, 1.82) is 0 Å².